The fourth-order valence-corrected chi connectivity index (χ4v) is 4.42. The van der Waals surface area contributed by atoms with Crippen LogP contribution >= 0.6 is 0 Å². The average molecular weight is 390 g/mol. The van der Waals surface area contributed by atoms with E-state index >= 15 is 0 Å². The number of ether oxygens (including phenoxy) is 3. The molecule has 4 unspecified atom stereocenters. The number of benzene rings is 1. The van der Waals surface area contributed by atoms with Crippen LogP contribution in [0.25, 0.3) is 0 Å². The normalized spacial score (nSPS) is 30.7. The van der Waals surface area contributed by atoms with Crippen LogP contribution in [-0.2, 0) is 9.53 Å². The molecule has 154 valence electrons. The van der Waals surface area contributed by atoms with Crippen molar-refractivity contribution in [3.63, 3.8) is 0 Å². The van der Waals surface area contributed by atoms with Crippen molar-refractivity contribution in [1.82, 2.24) is 10.2 Å². The van der Waals surface area contributed by atoms with E-state index in [4.69, 9.17) is 14.2 Å². The van der Waals surface area contributed by atoms with E-state index in [-0.39, 0.29) is 29.8 Å². The quantitative estimate of drug-likeness (QED) is 0.808. The van der Waals surface area contributed by atoms with E-state index in [0.717, 1.165) is 31.7 Å². The van der Waals surface area contributed by atoms with Crippen LogP contribution in [-0.4, -0.2) is 72.1 Å². The second kappa shape index (κ2) is 7.89. The number of rotatable bonds is 4. The standard InChI is InChI=1S/C21H30N2O5/c1-3-16-20(25)22-14(2)21(28-16)8-10-23(11-9-21)12-15(24)19-13-26-17-6-4-5-7-18(17)27-19/h4-7,14-16,19,24H,3,8-13H2,1-2H3,(H,22,25). The summed E-state index contributed by atoms with van der Waals surface area (Å²) >= 11 is 0. The number of aliphatic hydroxyl groups is 1. The second-order valence-electron chi connectivity index (χ2n) is 8.09. The van der Waals surface area contributed by atoms with Gasteiger partial charge >= 0.3 is 0 Å². The summed E-state index contributed by atoms with van der Waals surface area (Å²) in [5, 5.41) is 13.8. The molecule has 1 aromatic carbocycles. The van der Waals surface area contributed by atoms with Crippen molar-refractivity contribution in [2.24, 2.45) is 0 Å². The van der Waals surface area contributed by atoms with Crippen LogP contribution in [0.15, 0.2) is 24.3 Å². The molecule has 4 atom stereocenters. The number of nitrogens with zero attached hydrogens (tertiary/aromatic N) is 1. The van der Waals surface area contributed by atoms with E-state index in [1.54, 1.807) is 0 Å². The van der Waals surface area contributed by atoms with Gasteiger partial charge in [0.05, 0.1) is 11.6 Å². The molecule has 0 radical (unpaired) electrons. The van der Waals surface area contributed by atoms with Gasteiger partial charge in [-0.3, -0.25) is 4.79 Å². The predicted octanol–water partition coefficient (Wildman–Crippen LogP) is 1.34. The van der Waals surface area contributed by atoms with E-state index in [2.05, 4.69) is 10.2 Å². The van der Waals surface area contributed by atoms with Gasteiger partial charge in [0, 0.05) is 19.6 Å². The van der Waals surface area contributed by atoms with E-state index in [0.29, 0.717) is 25.3 Å². The predicted molar refractivity (Wildman–Crippen MR) is 104 cm³/mol. The minimum Gasteiger partial charge on any atom is -0.486 e. The Hall–Kier alpha value is -1.83. The van der Waals surface area contributed by atoms with Gasteiger partial charge in [0.1, 0.15) is 18.8 Å². The summed E-state index contributed by atoms with van der Waals surface area (Å²) in [7, 11) is 0. The lowest BCUT2D eigenvalue weighted by molar-refractivity contribution is -0.183. The number of nitrogens with one attached hydrogen (secondary N) is 1. The smallest absolute Gasteiger partial charge is 0.249 e. The van der Waals surface area contributed by atoms with Crippen molar-refractivity contribution in [2.45, 2.75) is 63.1 Å². The maximum atomic E-state index is 12.0. The largest absolute Gasteiger partial charge is 0.486 e. The highest BCUT2D eigenvalue weighted by molar-refractivity contribution is 5.82. The highest BCUT2D eigenvalue weighted by Gasteiger charge is 2.47. The lowest BCUT2D eigenvalue weighted by atomic mass is 9.82. The van der Waals surface area contributed by atoms with Gasteiger partial charge in [0.15, 0.2) is 17.6 Å². The molecule has 1 spiro atoms. The SMILES string of the molecule is CCC1OC2(CCN(CC(O)C3COc4ccccc4O3)CC2)C(C)NC1=O. The van der Waals surface area contributed by atoms with Crippen LogP contribution < -0.4 is 14.8 Å². The van der Waals surface area contributed by atoms with Crippen LogP contribution in [0.2, 0.25) is 0 Å². The van der Waals surface area contributed by atoms with E-state index < -0.39 is 6.10 Å². The maximum absolute atomic E-state index is 12.0. The Kier molecular flexibility index (Phi) is 5.49. The molecule has 4 rings (SSSR count). The molecular weight excluding hydrogens is 360 g/mol. The van der Waals surface area contributed by atoms with Gasteiger partial charge in [-0.25, -0.2) is 0 Å². The average Bonchev–Trinajstić information content (AvgIpc) is 2.72. The molecule has 2 fully saturated rings. The Morgan fingerprint density at radius 3 is 2.71 bits per heavy atom. The third kappa shape index (κ3) is 3.71. The molecule has 1 aromatic rings. The van der Waals surface area contributed by atoms with E-state index in [1.807, 2.05) is 38.1 Å². The highest BCUT2D eigenvalue weighted by Crippen LogP contribution is 2.35. The Morgan fingerprint density at radius 2 is 2.00 bits per heavy atom. The summed E-state index contributed by atoms with van der Waals surface area (Å²) in [6, 6.07) is 7.53. The Labute approximate surface area is 165 Å². The van der Waals surface area contributed by atoms with Crippen molar-refractivity contribution in [2.75, 3.05) is 26.2 Å². The van der Waals surface area contributed by atoms with Crippen molar-refractivity contribution in [3.05, 3.63) is 24.3 Å². The van der Waals surface area contributed by atoms with Crippen molar-refractivity contribution >= 4 is 5.91 Å². The summed E-state index contributed by atoms with van der Waals surface area (Å²) in [6.45, 7) is 6.52. The highest BCUT2D eigenvalue weighted by atomic mass is 16.6. The zero-order valence-corrected chi connectivity index (χ0v) is 16.6. The van der Waals surface area contributed by atoms with Gasteiger partial charge in [-0.15, -0.1) is 0 Å². The molecular formula is C21H30N2O5. The number of likely N-dealkylation sites (tertiary alicyclic amines) is 1. The number of morpholine rings is 1. The minimum atomic E-state index is -0.629. The van der Waals surface area contributed by atoms with Crippen LogP contribution in [0.5, 0.6) is 11.5 Å². The minimum absolute atomic E-state index is 0.00135. The summed E-state index contributed by atoms with van der Waals surface area (Å²) in [5.41, 5.74) is -0.306. The van der Waals surface area contributed by atoms with Gasteiger partial charge in [0.2, 0.25) is 5.91 Å². The van der Waals surface area contributed by atoms with Crippen molar-refractivity contribution < 1.29 is 24.1 Å². The summed E-state index contributed by atoms with van der Waals surface area (Å²) < 4.78 is 17.9. The summed E-state index contributed by atoms with van der Waals surface area (Å²) in [6.07, 6.45) is 0.990. The molecule has 2 saturated heterocycles. The first-order valence-corrected chi connectivity index (χ1v) is 10.3. The zero-order chi connectivity index (χ0) is 19.7. The fraction of sp³-hybridized carbons (Fsp3) is 0.667. The zero-order valence-electron chi connectivity index (χ0n) is 16.6. The van der Waals surface area contributed by atoms with Crippen molar-refractivity contribution in [3.8, 4) is 11.5 Å². The fourth-order valence-electron chi connectivity index (χ4n) is 4.42. The number of hydrogen-bond donors (Lipinski definition) is 2. The van der Waals surface area contributed by atoms with Crippen LogP contribution in [0.4, 0.5) is 0 Å². The number of piperidine rings is 1. The second-order valence-corrected chi connectivity index (χ2v) is 8.09. The summed E-state index contributed by atoms with van der Waals surface area (Å²) in [5.74, 6) is 1.40. The van der Waals surface area contributed by atoms with Crippen LogP contribution in [0, 0.1) is 0 Å². The first kappa shape index (κ1) is 19.5. The van der Waals surface area contributed by atoms with E-state index in [9.17, 15) is 9.90 Å². The van der Waals surface area contributed by atoms with E-state index in [1.165, 1.54) is 0 Å². The van der Waals surface area contributed by atoms with Crippen molar-refractivity contribution in [1.29, 1.82) is 0 Å². The molecule has 0 saturated carbocycles. The third-order valence-electron chi connectivity index (χ3n) is 6.30. The molecule has 7 nitrogen and oxygen atoms in total. The van der Waals surface area contributed by atoms with Gasteiger partial charge in [-0.1, -0.05) is 19.1 Å². The number of β-amino-alcohol motifs (C(OH)–C–C–N with tert-alkyl or cyclic N) is 1. The van der Waals surface area contributed by atoms with Crippen LogP contribution in [0.1, 0.15) is 33.1 Å². The number of carbonyl (C=O) groups excluding carboxylic acids is 1. The van der Waals surface area contributed by atoms with Gasteiger partial charge < -0.3 is 29.5 Å². The Bertz CT molecular complexity index is 704. The summed E-state index contributed by atoms with van der Waals surface area (Å²) in [4.78, 5) is 14.3. The lowest BCUT2D eigenvalue weighted by Gasteiger charge is -2.50. The first-order valence-electron chi connectivity index (χ1n) is 10.3. The van der Waals surface area contributed by atoms with Gasteiger partial charge in [-0.2, -0.15) is 0 Å². The Morgan fingerprint density at radius 1 is 1.29 bits per heavy atom. The molecule has 3 heterocycles. The number of hydrogen-bond acceptors (Lipinski definition) is 6. The van der Waals surface area contributed by atoms with Gasteiger partial charge in [-0.05, 0) is 38.3 Å². The number of fused-ring (bicyclic) bond motifs is 1. The topological polar surface area (TPSA) is 80.3 Å². The first-order chi connectivity index (χ1) is 13.5. The van der Waals surface area contributed by atoms with Crippen LogP contribution in [0.3, 0.4) is 0 Å². The monoisotopic (exact) mass is 390 g/mol. The molecule has 2 N–H and O–H groups in total. The number of amides is 1. The molecule has 0 aliphatic carbocycles. The number of aliphatic hydroxyl groups excluding tert-OH is 1. The van der Waals surface area contributed by atoms with Gasteiger partial charge in [0.25, 0.3) is 0 Å². The molecule has 7 heteroatoms. The molecule has 1 amide bonds. The number of carbonyl (C=O) groups is 1. The molecule has 3 aliphatic heterocycles. The lowest BCUT2D eigenvalue weighted by Crippen LogP contribution is -2.65. The number of para-hydroxylation sites is 2. The Balaban J connectivity index is 1.31. The molecule has 28 heavy (non-hydrogen) atoms. The molecule has 0 bridgehead atoms. The maximum Gasteiger partial charge on any atom is 0.249 e. The molecule has 3 aliphatic rings. The third-order valence-corrected chi connectivity index (χ3v) is 6.30. The molecule has 0 aromatic heterocycles.